The summed E-state index contributed by atoms with van der Waals surface area (Å²) >= 11 is 0. The second-order valence-electron chi connectivity index (χ2n) is 4.60. The summed E-state index contributed by atoms with van der Waals surface area (Å²) in [7, 11) is 1.58. The lowest BCUT2D eigenvalue weighted by atomic mass is 10.0. The van der Waals surface area contributed by atoms with E-state index in [2.05, 4.69) is 0 Å². The van der Waals surface area contributed by atoms with Crippen LogP contribution >= 0.6 is 0 Å². The second kappa shape index (κ2) is 5.43. The quantitative estimate of drug-likeness (QED) is 0.933. The molecule has 20 heavy (non-hydrogen) atoms. The second-order valence-corrected chi connectivity index (χ2v) is 4.60. The van der Waals surface area contributed by atoms with Gasteiger partial charge < -0.3 is 19.3 Å². The average molecular weight is 272 g/mol. The molecule has 0 aliphatic carbocycles. The van der Waals surface area contributed by atoms with Crippen molar-refractivity contribution in [3.05, 3.63) is 54.1 Å². The van der Waals surface area contributed by atoms with Crippen molar-refractivity contribution in [2.24, 2.45) is 0 Å². The summed E-state index contributed by atoms with van der Waals surface area (Å²) in [5, 5.41) is 10.5. The van der Waals surface area contributed by atoms with Gasteiger partial charge in [-0.2, -0.15) is 0 Å². The zero-order valence-electron chi connectivity index (χ0n) is 11.2. The highest BCUT2D eigenvalue weighted by molar-refractivity contribution is 5.42. The number of hydrogen-bond donors (Lipinski definition) is 1. The third-order valence-corrected chi connectivity index (χ3v) is 3.34. The Morgan fingerprint density at radius 2 is 1.80 bits per heavy atom. The Hall–Kier alpha value is -2.20. The highest BCUT2D eigenvalue weighted by atomic mass is 16.6. The highest BCUT2D eigenvalue weighted by Crippen LogP contribution is 2.36. The van der Waals surface area contributed by atoms with Crippen LogP contribution in [0.1, 0.15) is 11.7 Å². The molecule has 2 aromatic rings. The first-order valence-corrected chi connectivity index (χ1v) is 6.49. The summed E-state index contributed by atoms with van der Waals surface area (Å²) in [6.07, 6.45) is -1.26. The van der Waals surface area contributed by atoms with E-state index in [0.717, 1.165) is 0 Å². The van der Waals surface area contributed by atoms with Crippen molar-refractivity contribution in [2.45, 2.75) is 12.2 Å². The number of para-hydroxylation sites is 3. The van der Waals surface area contributed by atoms with Gasteiger partial charge in [0.25, 0.3) is 0 Å². The first-order chi connectivity index (χ1) is 9.79. The summed E-state index contributed by atoms with van der Waals surface area (Å²) < 4.78 is 16.7. The van der Waals surface area contributed by atoms with Gasteiger partial charge in [-0.15, -0.1) is 0 Å². The molecule has 1 aliphatic rings. The zero-order chi connectivity index (χ0) is 13.9. The predicted molar refractivity (Wildman–Crippen MR) is 74.3 cm³/mol. The molecule has 3 rings (SSSR count). The van der Waals surface area contributed by atoms with Crippen LogP contribution in [0.5, 0.6) is 17.2 Å². The molecule has 2 atom stereocenters. The van der Waals surface area contributed by atoms with Gasteiger partial charge in [-0.3, -0.25) is 0 Å². The maximum atomic E-state index is 10.5. The Kier molecular flexibility index (Phi) is 3.48. The zero-order valence-corrected chi connectivity index (χ0v) is 11.2. The molecule has 0 bridgehead atoms. The topological polar surface area (TPSA) is 47.9 Å². The number of ether oxygens (including phenoxy) is 3. The van der Waals surface area contributed by atoms with E-state index >= 15 is 0 Å². The van der Waals surface area contributed by atoms with E-state index in [1.54, 1.807) is 7.11 Å². The van der Waals surface area contributed by atoms with Gasteiger partial charge in [0.05, 0.1) is 7.11 Å². The van der Waals surface area contributed by atoms with Crippen LogP contribution in [0.2, 0.25) is 0 Å². The normalized spacial score (nSPS) is 18.4. The van der Waals surface area contributed by atoms with Gasteiger partial charge in [-0.1, -0.05) is 30.3 Å². The van der Waals surface area contributed by atoms with Crippen LogP contribution in [0, 0.1) is 0 Å². The van der Waals surface area contributed by atoms with Crippen molar-refractivity contribution >= 4 is 0 Å². The molecule has 4 heteroatoms. The molecular weight excluding hydrogens is 256 g/mol. The average Bonchev–Trinajstić information content (AvgIpc) is 2.53. The number of hydrogen-bond acceptors (Lipinski definition) is 4. The monoisotopic (exact) mass is 272 g/mol. The van der Waals surface area contributed by atoms with E-state index in [9.17, 15) is 5.11 Å². The molecule has 0 amide bonds. The molecule has 2 aromatic carbocycles. The van der Waals surface area contributed by atoms with Crippen molar-refractivity contribution in [3.63, 3.8) is 0 Å². The Morgan fingerprint density at radius 3 is 2.60 bits per heavy atom. The van der Waals surface area contributed by atoms with E-state index in [0.29, 0.717) is 29.4 Å². The summed E-state index contributed by atoms with van der Waals surface area (Å²) in [4.78, 5) is 0. The van der Waals surface area contributed by atoms with Crippen LogP contribution in [-0.4, -0.2) is 24.9 Å². The van der Waals surface area contributed by atoms with Gasteiger partial charge >= 0.3 is 0 Å². The standard InChI is InChI=1S/C16H16O4/c1-18-12-7-3-2-6-11(12)16(17)15-10-19-13-8-4-5-9-14(13)20-15/h2-9,15-17H,10H2,1H3. The van der Waals surface area contributed by atoms with E-state index in [1.165, 1.54) is 0 Å². The van der Waals surface area contributed by atoms with Gasteiger partial charge in [-0.25, -0.2) is 0 Å². The molecule has 0 fully saturated rings. The Labute approximate surface area is 117 Å². The Balaban J connectivity index is 1.84. The van der Waals surface area contributed by atoms with Crippen molar-refractivity contribution < 1.29 is 19.3 Å². The predicted octanol–water partition coefficient (Wildman–Crippen LogP) is 2.57. The van der Waals surface area contributed by atoms with Crippen LogP contribution in [-0.2, 0) is 0 Å². The number of rotatable bonds is 3. The van der Waals surface area contributed by atoms with Crippen molar-refractivity contribution in [1.82, 2.24) is 0 Å². The number of methoxy groups -OCH3 is 1. The maximum absolute atomic E-state index is 10.5. The maximum Gasteiger partial charge on any atom is 0.163 e. The molecule has 0 saturated carbocycles. The molecule has 1 N–H and O–H groups in total. The fraction of sp³-hybridized carbons (Fsp3) is 0.250. The van der Waals surface area contributed by atoms with Gasteiger partial charge in [0.15, 0.2) is 17.6 Å². The fourth-order valence-electron chi connectivity index (χ4n) is 2.30. The van der Waals surface area contributed by atoms with Gasteiger partial charge in [0.2, 0.25) is 0 Å². The highest BCUT2D eigenvalue weighted by Gasteiger charge is 2.30. The minimum atomic E-state index is -0.806. The lowest BCUT2D eigenvalue weighted by Crippen LogP contribution is -2.35. The van der Waals surface area contributed by atoms with Crippen LogP contribution in [0.4, 0.5) is 0 Å². The minimum Gasteiger partial charge on any atom is -0.496 e. The van der Waals surface area contributed by atoms with Gasteiger partial charge in [0, 0.05) is 5.56 Å². The molecule has 1 aliphatic heterocycles. The Bertz CT molecular complexity index is 597. The number of fused-ring (bicyclic) bond motifs is 1. The molecule has 0 saturated heterocycles. The van der Waals surface area contributed by atoms with Crippen LogP contribution in [0.3, 0.4) is 0 Å². The lowest BCUT2D eigenvalue weighted by molar-refractivity contribution is -0.0122. The smallest absolute Gasteiger partial charge is 0.163 e. The summed E-state index contributed by atoms with van der Waals surface area (Å²) in [5.41, 5.74) is 0.697. The van der Waals surface area contributed by atoms with Crippen LogP contribution < -0.4 is 14.2 Å². The summed E-state index contributed by atoms with van der Waals surface area (Å²) in [6.45, 7) is 0.302. The van der Waals surface area contributed by atoms with Crippen molar-refractivity contribution in [3.8, 4) is 17.2 Å². The van der Waals surface area contributed by atoms with Gasteiger partial charge in [-0.05, 0) is 18.2 Å². The fourth-order valence-corrected chi connectivity index (χ4v) is 2.30. The van der Waals surface area contributed by atoms with E-state index in [4.69, 9.17) is 14.2 Å². The SMILES string of the molecule is COc1ccccc1C(O)C1COc2ccccc2O1. The third kappa shape index (κ3) is 2.30. The largest absolute Gasteiger partial charge is 0.496 e. The first kappa shape index (κ1) is 12.8. The third-order valence-electron chi connectivity index (χ3n) is 3.34. The van der Waals surface area contributed by atoms with E-state index in [-0.39, 0.29) is 0 Å². The minimum absolute atomic E-state index is 0.302. The van der Waals surface area contributed by atoms with Crippen molar-refractivity contribution in [2.75, 3.05) is 13.7 Å². The number of aliphatic hydroxyl groups excluding tert-OH is 1. The van der Waals surface area contributed by atoms with Crippen LogP contribution in [0.15, 0.2) is 48.5 Å². The molecule has 0 aromatic heterocycles. The first-order valence-electron chi connectivity index (χ1n) is 6.49. The summed E-state index contributed by atoms with van der Waals surface area (Å²) in [5.74, 6) is 2.00. The summed E-state index contributed by atoms with van der Waals surface area (Å²) in [6, 6.07) is 14.8. The molecular formula is C16H16O4. The Morgan fingerprint density at radius 1 is 1.10 bits per heavy atom. The van der Waals surface area contributed by atoms with E-state index in [1.807, 2.05) is 48.5 Å². The van der Waals surface area contributed by atoms with Crippen LogP contribution in [0.25, 0.3) is 0 Å². The lowest BCUT2D eigenvalue weighted by Gasteiger charge is -2.30. The van der Waals surface area contributed by atoms with Gasteiger partial charge in [0.1, 0.15) is 18.5 Å². The number of aliphatic hydroxyl groups is 1. The molecule has 4 nitrogen and oxygen atoms in total. The molecule has 1 heterocycles. The van der Waals surface area contributed by atoms with E-state index < -0.39 is 12.2 Å². The number of benzene rings is 2. The van der Waals surface area contributed by atoms with Crippen molar-refractivity contribution in [1.29, 1.82) is 0 Å². The molecule has 104 valence electrons. The molecule has 0 spiro atoms. The molecule has 0 radical (unpaired) electrons. The molecule has 2 unspecified atom stereocenters.